The third-order valence-corrected chi connectivity index (χ3v) is 3.37. The van der Waals surface area contributed by atoms with E-state index in [4.69, 9.17) is 21.7 Å². The van der Waals surface area contributed by atoms with Crippen LogP contribution < -0.4 is 10.1 Å². The molecule has 1 aromatic carbocycles. The Kier molecular flexibility index (Phi) is 5.31. The zero-order chi connectivity index (χ0) is 14.4. The highest BCUT2D eigenvalue weighted by Gasteiger charge is 2.20. The number of hydrogen-bond donors (Lipinski definition) is 1. The SMILES string of the molecule is CCOc1ccccc1NC(=O)C(=S)N1CCOCC1. The van der Waals surface area contributed by atoms with Crippen molar-refractivity contribution in [2.75, 3.05) is 38.2 Å². The Morgan fingerprint density at radius 2 is 2.10 bits per heavy atom. The van der Waals surface area contributed by atoms with Gasteiger partial charge >= 0.3 is 0 Å². The highest BCUT2D eigenvalue weighted by atomic mass is 32.1. The highest BCUT2D eigenvalue weighted by Crippen LogP contribution is 2.23. The lowest BCUT2D eigenvalue weighted by molar-refractivity contribution is -0.111. The first kappa shape index (κ1) is 14.7. The quantitative estimate of drug-likeness (QED) is 0.860. The van der Waals surface area contributed by atoms with Crippen LogP contribution >= 0.6 is 12.2 Å². The average molecular weight is 294 g/mol. The minimum absolute atomic E-state index is 0.283. The van der Waals surface area contributed by atoms with Crippen molar-refractivity contribution in [2.45, 2.75) is 6.92 Å². The largest absolute Gasteiger partial charge is 0.492 e. The molecular formula is C14H18N2O3S. The fourth-order valence-electron chi connectivity index (χ4n) is 1.94. The van der Waals surface area contributed by atoms with E-state index in [9.17, 15) is 4.79 Å². The molecular weight excluding hydrogens is 276 g/mol. The van der Waals surface area contributed by atoms with E-state index >= 15 is 0 Å². The predicted molar refractivity (Wildman–Crippen MR) is 81.2 cm³/mol. The molecule has 0 bridgehead atoms. The third-order valence-electron chi connectivity index (χ3n) is 2.93. The molecule has 1 heterocycles. The number of anilines is 1. The molecule has 1 aromatic rings. The Morgan fingerprint density at radius 3 is 2.80 bits per heavy atom. The summed E-state index contributed by atoms with van der Waals surface area (Å²) >= 11 is 5.22. The summed E-state index contributed by atoms with van der Waals surface area (Å²) in [7, 11) is 0. The van der Waals surface area contributed by atoms with Crippen molar-refractivity contribution in [1.82, 2.24) is 4.90 Å². The van der Waals surface area contributed by atoms with Crippen LogP contribution in [0.5, 0.6) is 5.75 Å². The van der Waals surface area contributed by atoms with Crippen LogP contribution in [0.25, 0.3) is 0 Å². The van der Waals surface area contributed by atoms with Crippen molar-refractivity contribution in [3.8, 4) is 5.75 Å². The second kappa shape index (κ2) is 7.21. The summed E-state index contributed by atoms with van der Waals surface area (Å²) in [5.41, 5.74) is 0.634. The summed E-state index contributed by atoms with van der Waals surface area (Å²) in [4.78, 5) is 14.3. The maximum atomic E-state index is 12.2. The van der Waals surface area contributed by atoms with Crippen molar-refractivity contribution < 1.29 is 14.3 Å². The van der Waals surface area contributed by atoms with Crippen molar-refractivity contribution in [3.63, 3.8) is 0 Å². The van der Waals surface area contributed by atoms with Crippen LogP contribution in [0.1, 0.15) is 6.92 Å². The standard InChI is InChI=1S/C14H18N2O3S/c1-2-19-12-6-4-3-5-11(12)15-13(17)14(20)16-7-9-18-10-8-16/h3-6H,2,7-10H2,1H3,(H,15,17). The van der Waals surface area contributed by atoms with Gasteiger partial charge in [-0.15, -0.1) is 0 Å². The first-order chi connectivity index (χ1) is 9.72. The van der Waals surface area contributed by atoms with Crippen molar-refractivity contribution in [1.29, 1.82) is 0 Å². The maximum Gasteiger partial charge on any atom is 0.283 e. The molecule has 0 radical (unpaired) electrons. The molecule has 0 aromatic heterocycles. The van der Waals surface area contributed by atoms with E-state index in [2.05, 4.69) is 5.32 Å². The predicted octanol–water partition coefficient (Wildman–Crippen LogP) is 1.68. The van der Waals surface area contributed by atoms with Crippen LogP contribution in [0, 0.1) is 0 Å². The van der Waals surface area contributed by atoms with Crippen molar-refractivity contribution >= 4 is 28.8 Å². The summed E-state index contributed by atoms with van der Waals surface area (Å²) in [6, 6.07) is 7.32. The van der Waals surface area contributed by atoms with Gasteiger partial charge in [0.05, 0.1) is 25.5 Å². The second-order valence-electron chi connectivity index (χ2n) is 4.29. The Bertz CT molecular complexity index is 487. The Labute approximate surface area is 123 Å². The van der Waals surface area contributed by atoms with E-state index in [0.717, 1.165) is 0 Å². The van der Waals surface area contributed by atoms with Crippen molar-refractivity contribution in [3.05, 3.63) is 24.3 Å². The van der Waals surface area contributed by atoms with Gasteiger partial charge in [-0.1, -0.05) is 24.4 Å². The summed E-state index contributed by atoms with van der Waals surface area (Å²) in [5, 5.41) is 2.80. The molecule has 20 heavy (non-hydrogen) atoms. The first-order valence-electron chi connectivity index (χ1n) is 6.62. The monoisotopic (exact) mass is 294 g/mol. The summed E-state index contributed by atoms with van der Waals surface area (Å²) in [5.74, 6) is 0.363. The van der Waals surface area contributed by atoms with Gasteiger partial charge in [0.25, 0.3) is 5.91 Å². The summed E-state index contributed by atoms with van der Waals surface area (Å²) in [6.07, 6.45) is 0. The van der Waals surface area contributed by atoms with Gasteiger partial charge in [-0.2, -0.15) is 0 Å². The lowest BCUT2D eigenvalue weighted by Crippen LogP contribution is -2.44. The first-order valence-corrected chi connectivity index (χ1v) is 7.03. The molecule has 0 saturated carbocycles. The van der Waals surface area contributed by atoms with Gasteiger partial charge in [0.1, 0.15) is 5.75 Å². The molecule has 1 saturated heterocycles. The van der Waals surface area contributed by atoms with Gasteiger partial charge in [0.2, 0.25) is 0 Å². The summed E-state index contributed by atoms with van der Waals surface area (Å²) in [6.45, 7) is 4.95. The number of thiocarbonyl (C=S) groups is 1. The number of morpholine rings is 1. The van der Waals surface area contributed by atoms with Crippen LogP contribution in [0.15, 0.2) is 24.3 Å². The topological polar surface area (TPSA) is 50.8 Å². The van der Waals surface area contributed by atoms with E-state index in [1.54, 1.807) is 6.07 Å². The lowest BCUT2D eigenvalue weighted by atomic mass is 10.3. The average Bonchev–Trinajstić information content (AvgIpc) is 2.49. The molecule has 1 aliphatic heterocycles. The van der Waals surface area contributed by atoms with Gasteiger partial charge in [-0.25, -0.2) is 0 Å². The van der Waals surface area contributed by atoms with Crippen molar-refractivity contribution in [2.24, 2.45) is 0 Å². The fraction of sp³-hybridized carbons (Fsp3) is 0.429. The third kappa shape index (κ3) is 3.68. The molecule has 108 valence electrons. The number of carbonyl (C=O) groups excluding carboxylic acids is 1. The van der Waals surface area contributed by atoms with Crippen LogP contribution in [-0.2, 0) is 9.53 Å². The normalized spacial score (nSPS) is 14.8. The van der Waals surface area contributed by atoms with Gasteiger partial charge in [-0.05, 0) is 19.1 Å². The molecule has 0 aliphatic carbocycles. The number of nitrogens with zero attached hydrogens (tertiary/aromatic N) is 1. The van der Waals surface area contributed by atoms with Crippen LogP contribution in [0.3, 0.4) is 0 Å². The Morgan fingerprint density at radius 1 is 1.40 bits per heavy atom. The van der Waals surface area contributed by atoms with E-state index in [1.165, 1.54) is 0 Å². The van der Waals surface area contributed by atoms with Crippen LogP contribution in [-0.4, -0.2) is 48.7 Å². The second-order valence-corrected chi connectivity index (χ2v) is 4.67. The molecule has 1 N–H and O–H groups in total. The number of nitrogens with one attached hydrogen (secondary N) is 1. The van der Waals surface area contributed by atoms with Gasteiger partial charge in [0, 0.05) is 13.1 Å². The van der Waals surface area contributed by atoms with E-state index in [1.807, 2.05) is 30.0 Å². The highest BCUT2D eigenvalue weighted by molar-refractivity contribution is 7.82. The van der Waals surface area contributed by atoms with E-state index in [-0.39, 0.29) is 5.91 Å². The zero-order valence-electron chi connectivity index (χ0n) is 11.4. The number of carbonyl (C=O) groups is 1. The molecule has 2 rings (SSSR count). The Hall–Kier alpha value is -1.66. The number of benzene rings is 1. The van der Waals surface area contributed by atoms with Gasteiger partial charge in [-0.3, -0.25) is 4.79 Å². The number of amides is 1. The van der Waals surface area contributed by atoms with Gasteiger partial charge < -0.3 is 19.7 Å². The molecule has 0 unspecified atom stereocenters. The Balaban J connectivity index is 2.01. The minimum atomic E-state index is -0.283. The summed E-state index contributed by atoms with van der Waals surface area (Å²) < 4.78 is 10.7. The fourth-order valence-corrected chi connectivity index (χ4v) is 2.17. The maximum absolute atomic E-state index is 12.2. The molecule has 6 heteroatoms. The molecule has 1 fully saturated rings. The number of ether oxygens (including phenoxy) is 2. The smallest absolute Gasteiger partial charge is 0.283 e. The molecule has 1 amide bonds. The lowest BCUT2D eigenvalue weighted by Gasteiger charge is -2.28. The number of rotatable bonds is 3. The van der Waals surface area contributed by atoms with E-state index < -0.39 is 0 Å². The molecule has 1 aliphatic rings. The number of hydrogen-bond acceptors (Lipinski definition) is 4. The molecule has 0 atom stereocenters. The van der Waals surface area contributed by atoms with Crippen LogP contribution in [0.4, 0.5) is 5.69 Å². The van der Waals surface area contributed by atoms with E-state index in [0.29, 0.717) is 49.3 Å². The number of para-hydroxylation sites is 2. The minimum Gasteiger partial charge on any atom is -0.492 e. The zero-order valence-corrected chi connectivity index (χ0v) is 12.2. The van der Waals surface area contributed by atoms with Crippen LogP contribution in [0.2, 0.25) is 0 Å². The molecule has 0 spiro atoms. The van der Waals surface area contributed by atoms with Gasteiger partial charge in [0.15, 0.2) is 4.99 Å². The molecule has 5 nitrogen and oxygen atoms in total.